The van der Waals surface area contributed by atoms with E-state index in [9.17, 15) is 0 Å². The number of hydrogen-bond acceptors (Lipinski definition) is 3. The summed E-state index contributed by atoms with van der Waals surface area (Å²) in [7, 11) is -3.02. The Labute approximate surface area is 96.0 Å². The predicted molar refractivity (Wildman–Crippen MR) is 61.9 cm³/mol. The standard InChI is InChI=1S/C10H15ClO3Si/c1-3-12-15(11,13-4-2)14-10-8-6-5-7-9-10/h5-9H,3-4H2,1-2H3. The van der Waals surface area contributed by atoms with Gasteiger partial charge in [-0.25, -0.2) is 0 Å². The molecule has 0 saturated heterocycles. The summed E-state index contributed by atoms with van der Waals surface area (Å²) in [5, 5.41) is 0. The zero-order chi connectivity index (χ0) is 11.1. The van der Waals surface area contributed by atoms with E-state index in [-0.39, 0.29) is 0 Å². The molecule has 15 heavy (non-hydrogen) atoms. The molecular weight excluding hydrogens is 232 g/mol. The largest absolute Gasteiger partial charge is 0.680 e. The highest BCUT2D eigenvalue weighted by molar-refractivity contribution is 7.09. The third-order valence-corrected chi connectivity index (χ3v) is 4.25. The monoisotopic (exact) mass is 246 g/mol. The van der Waals surface area contributed by atoms with Crippen LogP contribution in [0.4, 0.5) is 0 Å². The van der Waals surface area contributed by atoms with Gasteiger partial charge < -0.3 is 13.3 Å². The molecule has 0 aromatic heterocycles. The van der Waals surface area contributed by atoms with Crippen LogP contribution in [0.5, 0.6) is 5.75 Å². The van der Waals surface area contributed by atoms with Crippen molar-refractivity contribution in [1.82, 2.24) is 0 Å². The summed E-state index contributed by atoms with van der Waals surface area (Å²) in [6.45, 7) is 4.67. The zero-order valence-corrected chi connectivity index (χ0v) is 10.7. The molecule has 1 aromatic carbocycles. The fraction of sp³-hybridized carbons (Fsp3) is 0.400. The second-order valence-corrected chi connectivity index (χ2v) is 5.90. The van der Waals surface area contributed by atoms with Crippen molar-refractivity contribution in [2.75, 3.05) is 13.2 Å². The molecule has 3 nitrogen and oxygen atoms in total. The van der Waals surface area contributed by atoms with Crippen LogP contribution in [0.2, 0.25) is 0 Å². The van der Waals surface area contributed by atoms with E-state index >= 15 is 0 Å². The van der Waals surface area contributed by atoms with Gasteiger partial charge in [0.25, 0.3) is 0 Å². The van der Waals surface area contributed by atoms with Crippen LogP contribution in [0.15, 0.2) is 30.3 Å². The van der Waals surface area contributed by atoms with Crippen LogP contribution in [0.1, 0.15) is 13.8 Å². The SMILES string of the molecule is CCO[Si](Cl)(OCC)Oc1ccccc1. The van der Waals surface area contributed by atoms with E-state index in [0.29, 0.717) is 19.0 Å². The van der Waals surface area contributed by atoms with Crippen LogP contribution in [-0.2, 0) is 8.85 Å². The van der Waals surface area contributed by atoms with Gasteiger partial charge in [-0.1, -0.05) is 29.3 Å². The molecule has 0 fully saturated rings. The third-order valence-electron chi connectivity index (χ3n) is 1.62. The van der Waals surface area contributed by atoms with Gasteiger partial charge in [0.1, 0.15) is 5.75 Å². The van der Waals surface area contributed by atoms with E-state index < -0.39 is 8.11 Å². The Bertz CT molecular complexity index is 275. The van der Waals surface area contributed by atoms with Crippen molar-refractivity contribution < 1.29 is 13.3 Å². The Kier molecular flexibility index (Phi) is 5.11. The lowest BCUT2D eigenvalue weighted by atomic mass is 10.3. The number of benzene rings is 1. The van der Waals surface area contributed by atoms with Crippen LogP contribution in [0.25, 0.3) is 0 Å². The quantitative estimate of drug-likeness (QED) is 0.571. The van der Waals surface area contributed by atoms with Crippen LogP contribution in [0, 0.1) is 0 Å². The molecule has 1 aromatic rings. The van der Waals surface area contributed by atoms with E-state index in [1.807, 2.05) is 44.2 Å². The van der Waals surface area contributed by atoms with Crippen molar-refractivity contribution in [1.29, 1.82) is 0 Å². The molecule has 5 heteroatoms. The summed E-state index contributed by atoms with van der Waals surface area (Å²) in [5.41, 5.74) is 0. The summed E-state index contributed by atoms with van der Waals surface area (Å²) in [5.74, 6) is 0.668. The molecule has 1 rings (SSSR count). The molecular formula is C10H15ClO3Si. The molecule has 84 valence electrons. The molecule has 0 N–H and O–H groups in total. The molecule has 0 unspecified atom stereocenters. The lowest BCUT2D eigenvalue weighted by Crippen LogP contribution is -2.43. The zero-order valence-electron chi connectivity index (χ0n) is 8.90. The molecule has 0 saturated carbocycles. The molecule has 0 aliphatic heterocycles. The molecule has 0 aliphatic carbocycles. The minimum atomic E-state index is -3.02. The number of hydrogen-bond donors (Lipinski definition) is 0. The number of rotatable bonds is 6. The Hall–Kier alpha value is -0.553. The van der Waals surface area contributed by atoms with Gasteiger partial charge in [-0.2, -0.15) is 0 Å². The highest BCUT2D eigenvalue weighted by Crippen LogP contribution is 2.20. The fourth-order valence-electron chi connectivity index (χ4n) is 1.07. The first kappa shape index (κ1) is 12.5. The predicted octanol–water partition coefficient (Wildman–Crippen LogP) is 2.81. The lowest BCUT2D eigenvalue weighted by Gasteiger charge is -2.22. The van der Waals surface area contributed by atoms with Crippen molar-refractivity contribution in [3.05, 3.63) is 30.3 Å². The van der Waals surface area contributed by atoms with E-state index in [1.54, 1.807) is 0 Å². The van der Waals surface area contributed by atoms with Crippen LogP contribution < -0.4 is 4.43 Å². The molecule has 0 spiro atoms. The Morgan fingerprint density at radius 1 is 1.07 bits per heavy atom. The van der Waals surface area contributed by atoms with E-state index in [4.69, 9.17) is 24.4 Å². The van der Waals surface area contributed by atoms with Gasteiger partial charge in [0.15, 0.2) is 0 Å². The van der Waals surface area contributed by atoms with Gasteiger partial charge in [0.05, 0.1) is 0 Å². The normalized spacial score (nSPS) is 11.4. The van der Waals surface area contributed by atoms with Crippen LogP contribution in [-0.4, -0.2) is 21.3 Å². The number of para-hydroxylation sites is 1. The summed E-state index contributed by atoms with van der Waals surface area (Å²) in [6.07, 6.45) is 0. The lowest BCUT2D eigenvalue weighted by molar-refractivity contribution is 0.140. The maximum Gasteiger partial charge on any atom is 0.680 e. The van der Waals surface area contributed by atoms with E-state index in [0.717, 1.165) is 0 Å². The van der Waals surface area contributed by atoms with Crippen molar-refractivity contribution in [3.8, 4) is 5.75 Å². The topological polar surface area (TPSA) is 27.7 Å². The highest BCUT2D eigenvalue weighted by atomic mass is 35.6. The van der Waals surface area contributed by atoms with Gasteiger partial charge in [0, 0.05) is 13.2 Å². The molecule has 0 bridgehead atoms. The van der Waals surface area contributed by atoms with Crippen molar-refractivity contribution in [3.63, 3.8) is 0 Å². The van der Waals surface area contributed by atoms with E-state index in [2.05, 4.69) is 0 Å². The molecule has 0 radical (unpaired) electrons. The molecule has 0 heterocycles. The van der Waals surface area contributed by atoms with Crippen molar-refractivity contribution in [2.24, 2.45) is 0 Å². The summed E-state index contributed by atoms with van der Waals surface area (Å²) in [4.78, 5) is 0. The minimum Gasteiger partial charge on any atom is -0.490 e. The Balaban J connectivity index is 2.66. The van der Waals surface area contributed by atoms with Gasteiger partial charge in [-0.3, -0.25) is 0 Å². The second-order valence-electron chi connectivity index (χ2n) is 2.76. The second kappa shape index (κ2) is 6.12. The third kappa shape index (κ3) is 4.21. The molecule has 0 atom stereocenters. The van der Waals surface area contributed by atoms with Crippen molar-refractivity contribution >= 4 is 19.2 Å². The first-order chi connectivity index (χ1) is 7.20. The minimum absolute atomic E-state index is 0.475. The number of halogens is 1. The van der Waals surface area contributed by atoms with Crippen LogP contribution >= 0.6 is 11.1 Å². The van der Waals surface area contributed by atoms with Crippen LogP contribution in [0.3, 0.4) is 0 Å². The van der Waals surface area contributed by atoms with Gasteiger partial charge in [0.2, 0.25) is 0 Å². The van der Waals surface area contributed by atoms with Gasteiger partial charge in [-0.15, -0.1) is 0 Å². The summed E-state index contributed by atoms with van der Waals surface area (Å²) in [6, 6.07) is 9.30. The average Bonchev–Trinajstić information content (AvgIpc) is 2.19. The maximum absolute atomic E-state index is 6.15. The van der Waals surface area contributed by atoms with E-state index in [1.165, 1.54) is 0 Å². The maximum atomic E-state index is 6.15. The average molecular weight is 247 g/mol. The first-order valence-corrected chi connectivity index (χ1v) is 7.64. The first-order valence-electron chi connectivity index (χ1n) is 4.91. The smallest absolute Gasteiger partial charge is 0.490 e. The Morgan fingerprint density at radius 2 is 1.60 bits per heavy atom. The molecule has 0 aliphatic rings. The highest BCUT2D eigenvalue weighted by Gasteiger charge is 2.41. The summed E-state index contributed by atoms with van der Waals surface area (Å²) < 4.78 is 16.2. The van der Waals surface area contributed by atoms with Crippen molar-refractivity contribution in [2.45, 2.75) is 13.8 Å². The fourth-order valence-corrected chi connectivity index (χ4v) is 3.31. The molecule has 0 amide bonds. The summed E-state index contributed by atoms with van der Waals surface area (Å²) >= 11 is 6.15. The van der Waals surface area contributed by atoms with Gasteiger partial charge >= 0.3 is 8.11 Å². The van der Waals surface area contributed by atoms with Gasteiger partial charge in [-0.05, 0) is 26.0 Å². The Morgan fingerprint density at radius 3 is 2.07 bits per heavy atom.